The van der Waals surface area contributed by atoms with Crippen LogP contribution in [0.4, 0.5) is 10.8 Å². The Kier molecular flexibility index (Phi) is 3.26. The van der Waals surface area contributed by atoms with E-state index in [1.807, 2.05) is 6.92 Å². The normalized spacial score (nSPS) is 10.2. The molecule has 0 aromatic carbocycles. The summed E-state index contributed by atoms with van der Waals surface area (Å²) in [6.45, 7) is 1.91. The predicted molar refractivity (Wildman–Crippen MR) is 68.5 cm³/mol. The number of aryl methyl sites for hydroxylation is 1. The molecule has 0 aliphatic heterocycles. The maximum atomic E-state index is 11.9. The highest BCUT2D eigenvalue weighted by Crippen LogP contribution is 2.20. The van der Waals surface area contributed by atoms with E-state index >= 15 is 0 Å². The van der Waals surface area contributed by atoms with E-state index in [0.717, 1.165) is 4.88 Å². The molecule has 88 valence electrons. The molecule has 2 aromatic rings. The quantitative estimate of drug-likeness (QED) is 0.819. The number of rotatable bonds is 2. The molecule has 0 saturated carbocycles. The van der Waals surface area contributed by atoms with Gasteiger partial charge in [-0.05, 0) is 13.0 Å². The maximum absolute atomic E-state index is 11.9. The van der Waals surface area contributed by atoms with E-state index in [9.17, 15) is 4.79 Å². The van der Waals surface area contributed by atoms with Gasteiger partial charge < -0.3 is 5.73 Å². The van der Waals surface area contributed by atoms with Gasteiger partial charge in [-0.2, -0.15) is 0 Å². The average molecular weight is 269 g/mol. The minimum absolute atomic E-state index is 0.222. The fraction of sp³-hybridized carbons (Fsp3) is 0.100. The van der Waals surface area contributed by atoms with Crippen LogP contribution < -0.4 is 11.1 Å². The molecule has 1 amide bonds. The number of thiazole rings is 1. The number of nitrogens with two attached hydrogens (primary N) is 1. The van der Waals surface area contributed by atoms with Gasteiger partial charge in [-0.15, -0.1) is 11.3 Å². The van der Waals surface area contributed by atoms with Crippen LogP contribution >= 0.6 is 22.9 Å². The second-order valence-corrected chi connectivity index (χ2v) is 4.95. The van der Waals surface area contributed by atoms with Crippen LogP contribution in [0.1, 0.15) is 15.2 Å². The first-order valence-electron chi connectivity index (χ1n) is 4.71. The average Bonchev–Trinajstić information content (AvgIpc) is 2.67. The Balaban J connectivity index is 2.22. The number of halogens is 1. The molecule has 0 aliphatic carbocycles. The highest BCUT2D eigenvalue weighted by atomic mass is 35.5. The van der Waals surface area contributed by atoms with E-state index in [2.05, 4.69) is 15.3 Å². The molecule has 0 atom stereocenters. The first-order valence-corrected chi connectivity index (χ1v) is 5.90. The molecule has 5 nitrogen and oxygen atoms in total. The van der Waals surface area contributed by atoms with Gasteiger partial charge in [0.2, 0.25) is 0 Å². The molecule has 3 N–H and O–H groups in total. The number of hydrogen-bond donors (Lipinski definition) is 2. The number of nitrogens with zero attached hydrogens (tertiary/aromatic N) is 2. The molecule has 0 bridgehead atoms. The van der Waals surface area contributed by atoms with Gasteiger partial charge in [-0.1, -0.05) is 11.6 Å². The lowest BCUT2D eigenvalue weighted by atomic mass is 10.2. The largest absolute Gasteiger partial charge is 0.397 e. The number of pyridine rings is 1. The Hall–Kier alpha value is -1.66. The first-order chi connectivity index (χ1) is 8.06. The van der Waals surface area contributed by atoms with Crippen LogP contribution in [0.3, 0.4) is 0 Å². The van der Waals surface area contributed by atoms with Gasteiger partial charge >= 0.3 is 0 Å². The molecule has 2 aromatic heterocycles. The molecule has 2 heterocycles. The fourth-order valence-corrected chi connectivity index (χ4v) is 2.03. The van der Waals surface area contributed by atoms with E-state index in [1.54, 1.807) is 6.20 Å². The molecule has 0 spiro atoms. The van der Waals surface area contributed by atoms with Crippen LogP contribution in [0.25, 0.3) is 0 Å². The standard InChI is InChI=1S/C10H9ClN4OS/c1-5-3-14-10(17-5)15-9(16)6-2-8(11)13-4-7(6)12/h2-4H,12H2,1H3,(H,14,15,16). The van der Waals surface area contributed by atoms with Crippen LogP contribution in [0.15, 0.2) is 18.5 Å². The van der Waals surface area contributed by atoms with Crippen LogP contribution in [0.5, 0.6) is 0 Å². The summed E-state index contributed by atoms with van der Waals surface area (Å²) in [5, 5.41) is 3.40. The van der Waals surface area contributed by atoms with Crippen molar-refractivity contribution in [2.24, 2.45) is 0 Å². The highest BCUT2D eigenvalue weighted by Gasteiger charge is 2.12. The van der Waals surface area contributed by atoms with E-state index in [1.165, 1.54) is 23.6 Å². The van der Waals surface area contributed by atoms with Gasteiger partial charge in [0.05, 0.1) is 17.4 Å². The SMILES string of the molecule is Cc1cnc(NC(=O)c2cc(Cl)ncc2N)s1. The van der Waals surface area contributed by atoms with Gasteiger partial charge in [0.15, 0.2) is 5.13 Å². The number of carbonyl (C=O) groups is 1. The van der Waals surface area contributed by atoms with Crippen LogP contribution in [-0.2, 0) is 0 Å². The lowest BCUT2D eigenvalue weighted by Crippen LogP contribution is -2.14. The smallest absolute Gasteiger partial charge is 0.259 e. The summed E-state index contributed by atoms with van der Waals surface area (Å²) >= 11 is 7.10. The molecule has 0 radical (unpaired) electrons. The zero-order chi connectivity index (χ0) is 12.4. The molecule has 0 fully saturated rings. The van der Waals surface area contributed by atoms with Gasteiger partial charge in [0, 0.05) is 11.1 Å². The second kappa shape index (κ2) is 4.68. The Morgan fingerprint density at radius 1 is 1.47 bits per heavy atom. The maximum Gasteiger partial charge on any atom is 0.259 e. The third-order valence-corrected chi connectivity index (χ3v) is 3.02. The number of amides is 1. The van der Waals surface area contributed by atoms with Gasteiger partial charge in [-0.3, -0.25) is 10.1 Å². The van der Waals surface area contributed by atoms with Crippen LogP contribution in [0, 0.1) is 6.92 Å². The molecular weight excluding hydrogens is 260 g/mol. The van der Waals surface area contributed by atoms with Crippen LogP contribution in [0.2, 0.25) is 5.15 Å². The summed E-state index contributed by atoms with van der Waals surface area (Å²) in [4.78, 5) is 20.7. The van der Waals surface area contributed by atoms with Crippen molar-refractivity contribution in [3.63, 3.8) is 0 Å². The lowest BCUT2D eigenvalue weighted by Gasteiger charge is -2.04. The Morgan fingerprint density at radius 3 is 2.88 bits per heavy atom. The zero-order valence-corrected chi connectivity index (χ0v) is 10.5. The highest BCUT2D eigenvalue weighted by molar-refractivity contribution is 7.15. The molecular formula is C10H9ClN4OS. The van der Waals surface area contributed by atoms with Crippen molar-refractivity contribution in [3.05, 3.63) is 34.1 Å². The van der Waals surface area contributed by atoms with E-state index in [4.69, 9.17) is 17.3 Å². The first kappa shape index (κ1) is 11.8. The predicted octanol–water partition coefficient (Wildman–Crippen LogP) is 2.33. The number of anilines is 2. The summed E-state index contributed by atoms with van der Waals surface area (Å²) in [6.07, 6.45) is 3.04. The lowest BCUT2D eigenvalue weighted by molar-refractivity contribution is 0.102. The Morgan fingerprint density at radius 2 is 2.24 bits per heavy atom. The van der Waals surface area contributed by atoms with Crippen molar-refractivity contribution in [1.29, 1.82) is 0 Å². The van der Waals surface area contributed by atoms with Gasteiger partial charge in [-0.25, -0.2) is 9.97 Å². The zero-order valence-electron chi connectivity index (χ0n) is 8.90. The monoisotopic (exact) mass is 268 g/mol. The van der Waals surface area contributed by atoms with Crippen molar-refractivity contribution in [3.8, 4) is 0 Å². The van der Waals surface area contributed by atoms with Gasteiger partial charge in [0.1, 0.15) is 5.15 Å². The van der Waals surface area contributed by atoms with E-state index in [0.29, 0.717) is 5.13 Å². The Labute approximate surface area is 107 Å². The Bertz CT molecular complexity index is 569. The third-order valence-electron chi connectivity index (χ3n) is 1.99. The summed E-state index contributed by atoms with van der Waals surface area (Å²) < 4.78 is 0. The summed E-state index contributed by atoms with van der Waals surface area (Å²) in [5.74, 6) is -0.346. The minimum Gasteiger partial charge on any atom is -0.397 e. The summed E-state index contributed by atoms with van der Waals surface area (Å²) in [6, 6.07) is 1.42. The molecule has 17 heavy (non-hydrogen) atoms. The van der Waals surface area contributed by atoms with Crippen molar-refractivity contribution in [1.82, 2.24) is 9.97 Å². The number of aromatic nitrogens is 2. The van der Waals surface area contributed by atoms with Crippen molar-refractivity contribution in [2.75, 3.05) is 11.1 Å². The fourth-order valence-electron chi connectivity index (χ4n) is 1.21. The molecule has 0 aliphatic rings. The molecule has 0 unspecified atom stereocenters. The van der Waals surface area contributed by atoms with E-state index < -0.39 is 0 Å². The second-order valence-electron chi connectivity index (χ2n) is 3.32. The van der Waals surface area contributed by atoms with Crippen LogP contribution in [-0.4, -0.2) is 15.9 Å². The number of carbonyl (C=O) groups excluding carboxylic acids is 1. The third kappa shape index (κ3) is 2.72. The molecule has 7 heteroatoms. The minimum atomic E-state index is -0.346. The molecule has 2 rings (SSSR count). The number of nitrogens with one attached hydrogen (secondary N) is 1. The van der Waals surface area contributed by atoms with E-state index in [-0.39, 0.29) is 22.3 Å². The summed E-state index contributed by atoms with van der Waals surface area (Å²) in [5.41, 5.74) is 6.22. The number of nitrogen functional groups attached to an aromatic ring is 1. The topological polar surface area (TPSA) is 80.9 Å². The summed E-state index contributed by atoms with van der Waals surface area (Å²) in [7, 11) is 0. The number of hydrogen-bond acceptors (Lipinski definition) is 5. The van der Waals surface area contributed by atoms with Crippen molar-refractivity contribution < 1.29 is 4.79 Å². The van der Waals surface area contributed by atoms with Crippen molar-refractivity contribution in [2.45, 2.75) is 6.92 Å². The molecule has 0 saturated heterocycles. The van der Waals surface area contributed by atoms with Crippen molar-refractivity contribution >= 4 is 39.7 Å². The van der Waals surface area contributed by atoms with Gasteiger partial charge in [0.25, 0.3) is 5.91 Å².